The van der Waals surface area contributed by atoms with Crippen LogP contribution in [0, 0.1) is 0 Å². The van der Waals surface area contributed by atoms with Crippen molar-refractivity contribution in [2.24, 2.45) is 0 Å². The van der Waals surface area contributed by atoms with Gasteiger partial charge in [0.15, 0.2) is 0 Å². The first-order chi connectivity index (χ1) is 7.19. The summed E-state index contributed by atoms with van der Waals surface area (Å²) in [6, 6.07) is 0.942. The van der Waals surface area contributed by atoms with E-state index in [1.165, 1.54) is 12.8 Å². The van der Waals surface area contributed by atoms with Gasteiger partial charge < -0.3 is 15.3 Å². The molecule has 0 aromatic heterocycles. The summed E-state index contributed by atoms with van der Waals surface area (Å²) in [7, 11) is 2.18. The van der Waals surface area contributed by atoms with Crippen LogP contribution in [-0.4, -0.2) is 48.8 Å². The Morgan fingerprint density at radius 3 is 2.20 bits per heavy atom. The molecule has 0 aliphatic rings. The minimum absolute atomic E-state index is 0.241. The number of likely N-dealkylation sites (N-methyl/N-ethyl adjacent to an activating group) is 1. The van der Waals surface area contributed by atoms with Gasteiger partial charge in [-0.05, 0) is 39.4 Å². The second-order valence-electron chi connectivity index (χ2n) is 4.18. The molecule has 3 heteroatoms. The van der Waals surface area contributed by atoms with E-state index in [0.29, 0.717) is 6.04 Å². The lowest BCUT2D eigenvalue weighted by Crippen LogP contribution is -2.38. The molecule has 0 fully saturated rings. The minimum atomic E-state index is 0.241. The van der Waals surface area contributed by atoms with Crippen molar-refractivity contribution in [2.45, 2.75) is 52.1 Å². The third-order valence-corrected chi connectivity index (χ3v) is 3.11. The molecule has 0 radical (unpaired) electrons. The first-order valence-corrected chi connectivity index (χ1v) is 6.23. The van der Waals surface area contributed by atoms with Crippen LogP contribution in [0.15, 0.2) is 0 Å². The number of aliphatic hydroxyl groups excluding tert-OH is 1. The molecule has 0 spiro atoms. The summed E-state index contributed by atoms with van der Waals surface area (Å²) in [6.07, 6.45) is 3.44. The maximum atomic E-state index is 9.14. The Labute approximate surface area is 94.9 Å². The van der Waals surface area contributed by atoms with E-state index in [0.717, 1.165) is 19.5 Å². The zero-order valence-corrected chi connectivity index (χ0v) is 10.8. The second-order valence-corrected chi connectivity index (χ2v) is 4.18. The maximum absolute atomic E-state index is 9.14. The molecular formula is C12H28N2O. The van der Waals surface area contributed by atoms with Crippen molar-refractivity contribution in [1.29, 1.82) is 0 Å². The van der Waals surface area contributed by atoms with Crippen molar-refractivity contribution in [2.75, 3.05) is 26.7 Å². The molecule has 1 unspecified atom stereocenters. The molecule has 0 aliphatic heterocycles. The van der Waals surface area contributed by atoms with Crippen LogP contribution in [-0.2, 0) is 0 Å². The van der Waals surface area contributed by atoms with E-state index in [-0.39, 0.29) is 12.6 Å². The van der Waals surface area contributed by atoms with Crippen LogP contribution < -0.4 is 5.32 Å². The Morgan fingerprint density at radius 2 is 1.80 bits per heavy atom. The maximum Gasteiger partial charge on any atom is 0.0585 e. The quantitative estimate of drug-likeness (QED) is 0.612. The van der Waals surface area contributed by atoms with Gasteiger partial charge >= 0.3 is 0 Å². The third kappa shape index (κ3) is 6.13. The Bertz CT molecular complexity index is 138. The van der Waals surface area contributed by atoms with Crippen LogP contribution in [0.25, 0.3) is 0 Å². The lowest BCUT2D eigenvalue weighted by Gasteiger charge is -2.27. The molecule has 1 atom stereocenters. The highest BCUT2D eigenvalue weighted by Gasteiger charge is 2.12. The number of rotatable bonds is 9. The molecule has 0 saturated heterocycles. The summed E-state index contributed by atoms with van der Waals surface area (Å²) < 4.78 is 0. The summed E-state index contributed by atoms with van der Waals surface area (Å²) in [5, 5.41) is 12.4. The van der Waals surface area contributed by atoms with Gasteiger partial charge in [-0.15, -0.1) is 0 Å². The molecule has 0 bridgehead atoms. The van der Waals surface area contributed by atoms with Gasteiger partial charge in [0.05, 0.1) is 6.61 Å². The molecule has 0 aromatic carbocycles. The number of hydrogen-bond donors (Lipinski definition) is 2. The molecule has 0 aromatic rings. The molecule has 3 nitrogen and oxygen atoms in total. The van der Waals surface area contributed by atoms with Gasteiger partial charge in [-0.1, -0.05) is 20.8 Å². The SMILES string of the molecule is CCNC(CO)CCN(C)C(CC)CC. The van der Waals surface area contributed by atoms with Crippen LogP contribution in [0.2, 0.25) is 0 Å². The fourth-order valence-corrected chi connectivity index (χ4v) is 2.00. The first-order valence-electron chi connectivity index (χ1n) is 6.23. The van der Waals surface area contributed by atoms with Crippen molar-refractivity contribution in [3.63, 3.8) is 0 Å². The number of nitrogens with zero attached hydrogens (tertiary/aromatic N) is 1. The van der Waals surface area contributed by atoms with Crippen molar-refractivity contribution in [3.05, 3.63) is 0 Å². The van der Waals surface area contributed by atoms with Crippen molar-refractivity contribution >= 4 is 0 Å². The monoisotopic (exact) mass is 216 g/mol. The van der Waals surface area contributed by atoms with E-state index < -0.39 is 0 Å². The Hall–Kier alpha value is -0.120. The summed E-state index contributed by atoms with van der Waals surface area (Å²) in [4.78, 5) is 2.40. The van der Waals surface area contributed by atoms with Gasteiger partial charge in [0, 0.05) is 12.1 Å². The lowest BCUT2D eigenvalue weighted by molar-refractivity contribution is 0.189. The van der Waals surface area contributed by atoms with Crippen LogP contribution in [0.5, 0.6) is 0 Å². The van der Waals surface area contributed by atoms with Gasteiger partial charge in [0.25, 0.3) is 0 Å². The predicted octanol–water partition coefficient (Wildman–Crippen LogP) is 1.47. The largest absolute Gasteiger partial charge is 0.395 e. The van der Waals surface area contributed by atoms with Gasteiger partial charge in [-0.2, -0.15) is 0 Å². The highest BCUT2D eigenvalue weighted by molar-refractivity contribution is 4.70. The van der Waals surface area contributed by atoms with E-state index in [1.54, 1.807) is 0 Å². The fourth-order valence-electron chi connectivity index (χ4n) is 2.00. The van der Waals surface area contributed by atoms with Gasteiger partial charge in [-0.3, -0.25) is 0 Å². The molecule has 0 heterocycles. The molecule has 92 valence electrons. The number of aliphatic hydroxyl groups is 1. The van der Waals surface area contributed by atoms with Crippen molar-refractivity contribution in [1.82, 2.24) is 10.2 Å². The standard InChI is InChI=1S/C12H28N2O/c1-5-12(6-2)14(4)9-8-11(10-15)13-7-3/h11-13,15H,5-10H2,1-4H3. The van der Waals surface area contributed by atoms with Crippen molar-refractivity contribution in [3.8, 4) is 0 Å². The number of hydrogen-bond acceptors (Lipinski definition) is 3. The summed E-state index contributed by atoms with van der Waals surface area (Å²) in [6.45, 7) is 8.78. The van der Waals surface area contributed by atoms with E-state index in [2.05, 4.69) is 38.0 Å². The summed E-state index contributed by atoms with van der Waals surface area (Å²) >= 11 is 0. The van der Waals surface area contributed by atoms with Gasteiger partial charge in [0.2, 0.25) is 0 Å². The van der Waals surface area contributed by atoms with Gasteiger partial charge in [-0.25, -0.2) is 0 Å². The van der Waals surface area contributed by atoms with Crippen LogP contribution >= 0.6 is 0 Å². The number of nitrogens with one attached hydrogen (secondary N) is 1. The highest BCUT2D eigenvalue weighted by atomic mass is 16.3. The Kier molecular flexibility index (Phi) is 9.06. The molecule has 0 aliphatic carbocycles. The third-order valence-electron chi connectivity index (χ3n) is 3.11. The second kappa shape index (κ2) is 9.13. The Balaban J connectivity index is 3.80. The lowest BCUT2D eigenvalue weighted by atomic mass is 10.1. The minimum Gasteiger partial charge on any atom is -0.395 e. The molecule has 0 rings (SSSR count). The van der Waals surface area contributed by atoms with Gasteiger partial charge in [0.1, 0.15) is 0 Å². The summed E-state index contributed by atoms with van der Waals surface area (Å²) in [5.74, 6) is 0. The first kappa shape index (κ1) is 14.9. The average molecular weight is 216 g/mol. The Morgan fingerprint density at radius 1 is 1.20 bits per heavy atom. The zero-order valence-electron chi connectivity index (χ0n) is 10.8. The molecule has 2 N–H and O–H groups in total. The molecule has 15 heavy (non-hydrogen) atoms. The average Bonchev–Trinajstić information content (AvgIpc) is 2.25. The summed E-state index contributed by atoms with van der Waals surface area (Å²) in [5.41, 5.74) is 0. The topological polar surface area (TPSA) is 35.5 Å². The van der Waals surface area contributed by atoms with E-state index in [9.17, 15) is 0 Å². The van der Waals surface area contributed by atoms with E-state index >= 15 is 0 Å². The van der Waals surface area contributed by atoms with Crippen LogP contribution in [0.4, 0.5) is 0 Å². The molecule has 0 amide bonds. The smallest absolute Gasteiger partial charge is 0.0585 e. The van der Waals surface area contributed by atoms with Crippen LogP contribution in [0.3, 0.4) is 0 Å². The van der Waals surface area contributed by atoms with Crippen LogP contribution in [0.1, 0.15) is 40.0 Å². The normalized spacial score (nSPS) is 13.8. The zero-order chi connectivity index (χ0) is 11.7. The molecular weight excluding hydrogens is 188 g/mol. The van der Waals surface area contributed by atoms with Crippen molar-refractivity contribution < 1.29 is 5.11 Å². The fraction of sp³-hybridized carbons (Fsp3) is 1.00. The van der Waals surface area contributed by atoms with E-state index in [1.807, 2.05) is 0 Å². The van der Waals surface area contributed by atoms with E-state index in [4.69, 9.17) is 5.11 Å². The highest BCUT2D eigenvalue weighted by Crippen LogP contribution is 2.07. The molecule has 0 saturated carbocycles. The predicted molar refractivity (Wildman–Crippen MR) is 66.2 cm³/mol.